The van der Waals surface area contributed by atoms with Gasteiger partial charge in [0, 0.05) is 19.5 Å². The Labute approximate surface area is 87.2 Å². The molecule has 2 nitrogen and oxygen atoms in total. The summed E-state index contributed by atoms with van der Waals surface area (Å²) in [6, 6.07) is 0. The molecule has 1 aliphatic carbocycles. The molecule has 1 heterocycles. The van der Waals surface area contributed by atoms with Crippen LogP contribution >= 0.6 is 0 Å². The van der Waals surface area contributed by atoms with Crippen LogP contribution in [-0.4, -0.2) is 23.8 Å². The first-order chi connectivity index (χ1) is 6.81. The summed E-state index contributed by atoms with van der Waals surface area (Å²) in [5.41, 5.74) is 0. The number of nitrogens with one attached hydrogen (secondary N) is 1. The van der Waals surface area contributed by atoms with E-state index in [0.717, 1.165) is 30.6 Å². The van der Waals surface area contributed by atoms with Gasteiger partial charge in [0.2, 0.25) is 0 Å². The molecule has 2 aliphatic rings. The van der Waals surface area contributed by atoms with E-state index in [2.05, 4.69) is 11.8 Å². The summed E-state index contributed by atoms with van der Waals surface area (Å²) >= 11 is 0. The lowest BCUT2D eigenvalue weighted by molar-refractivity contribution is 0.128. The molecule has 0 spiro atoms. The van der Waals surface area contributed by atoms with Gasteiger partial charge in [-0.2, -0.15) is 0 Å². The molecule has 1 N–H and O–H groups in total. The van der Waals surface area contributed by atoms with E-state index in [1.807, 2.05) is 0 Å². The second kappa shape index (κ2) is 4.33. The van der Waals surface area contributed by atoms with Crippen molar-refractivity contribution < 1.29 is 0 Å². The molecular weight excluding hydrogens is 172 g/mol. The van der Waals surface area contributed by atoms with Crippen LogP contribution < -0.4 is 0 Å². The summed E-state index contributed by atoms with van der Waals surface area (Å²) in [6.45, 7) is 4.42. The van der Waals surface area contributed by atoms with Crippen LogP contribution in [0.4, 0.5) is 0 Å². The molecule has 0 radical (unpaired) electrons. The van der Waals surface area contributed by atoms with Crippen molar-refractivity contribution in [1.82, 2.24) is 4.90 Å². The van der Waals surface area contributed by atoms with Crippen molar-refractivity contribution in [2.24, 2.45) is 11.8 Å². The molecule has 1 aliphatic heterocycles. The maximum absolute atomic E-state index is 7.86. The summed E-state index contributed by atoms with van der Waals surface area (Å²) in [6.07, 6.45) is 7.99. The van der Waals surface area contributed by atoms with Gasteiger partial charge in [-0.05, 0) is 24.7 Å². The van der Waals surface area contributed by atoms with Crippen molar-refractivity contribution in [3.63, 3.8) is 0 Å². The lowest BCUT2D eigenvalue weighted by atomic mass is 9.75. The monoisotopic (exact) mass is 194 g/mol. The second-order valence-electron chi connectivity index (χ2n) is 4.84. The van der Waals surface area contributed by atoms with Crippen molar-refractivity contribution in [3.8, 4) is 0 Å². The zero-order valence-corrected chi connectivity index (χ0v) is 9.26. The highest BCUT2D eigenvalue weighted by Crippen LogP contribution is 2.36. The Bertz CT molecular complexity index is 212. The van der Waals surface area contributed by atoms with E-state index in [1.54, 1.807) is 0 Å². The smallest absolute Gasteiger partial charge is 0.0954 e. The van der Waals surface area contributed by atoms with Gasteiger partial charge < -0.3 is 4.90 Å². The first kappa shape index (κ1) is 10.0. The Morgan fingerprint density at radius 1 is 1.21 bits per heavy atom. The van der Waals surface area contributed by atoms with Crippen molar-refractivity contribution in [3.05, 3.63) is 0 Å². The van der Waals surface area contributed by atoms with Gasteiger partial charge in [-0.15, -0.1) is 0 Å². The van der Waals surface area contributed by atoms with Gasteiger partial charge in [0.15, 0.2) is 0 Å². The van der Waals surface area contributed by atoms with Crippen LogP contribution in [0.15, 0.2) is 0 Å². The van der Waals surface area contributed by atoms with Gasteiger partial charge in [0.05, 0.1) is 5.84 Å². The largest absolute Gasteiger partial charge is 0.360 e. The summed E-state index contributed by atoms with van der Waals surface area (Å²) in [7, 11) is 0. The fourth-order valence-corrected chi connectivity index (χ4v) is 3.07. The lowest BCUT2D eigenvalue weighted by Gasteiger charge is -2.42. The van der Waals surface area contributed by atoms with Crippen molar-refractivity contribution in [1.29, 1.82) is 5.41 Å². The van der Waals surface area contributed by atoms with Gasteiger partial charge in [-0.3, -0.25) is 5.41 Å². The van der Waals surface area contributed by atoms with E-state index in [9.17, 15) is 0 Å². The molecule has 2 atom stereocenters. The topological polar surface area (TPSA) is 27.1 Å². The molecule has 0 aromatic heterocycles. The van der Waals surface area contributed by atoms with Crippen LogP contribution in [-0.2, 0) is 0 Å². The van der Waals surface area contributed by atoms with E-state index in [-0.39, 0.29) is 0 Å². The Balaban J connectivity index is 1.92. The molecule has 1 saturated carbocycles. The number of amidine groups is 1. The Morgan fingerprint density at radius 2 is 1.93 bits per heavy atom. The van der Waals surface area contributed by atoms with Crippen molar-refractivity contribution >= 4 is 5.84 Å². The van der Waals surface area contributed by atoms with Crippen LogP contribution in [0.5, 0.6) is 0 Å². The zero-order chi connectivity index (χ0) is 9.97. The fraction of sp³-hybridized carbons (Fsp3) is 0.917. The van der Waals surface area contributed by atoms with Crippen LogP contribution in [0.3, 0.4) is 0 Å². The molecule has 2 rings (SSSR count). The molecule has 14 heavy (non-hydrogen) atoms. The van der Waals surface area contributed by atoms with E-state index < -0.39 is 0 Å². The molecule has 1 saturated heterocycles. The standard InChI is InChI=1S/C12H22N2/c1-2-12(13)14-8-7-10-5-3-4-6-11(10)9-14/h10-11,13H,2-9H2,1H3. The van der Waals surface area contributed by atoms with Crippen molar-refractivity contribution in [2.75, 3.05) is 13.1 Å². The molecule has 2 unspecified atom stereocenters. The minimum absolute atomic E-state index is 0.856. The van der Waals surface area contributed by atoms with Gasteiger partial charge in [0.1, 0.15) is 0 Å². The van der Waals surface area contributed by atoms with Crippen LogP contribution in [0.2, 0.25) is 0 Å². The van der Waals surface area contributed by atoms with Gasteiger partial charge >= 0.3 is 0 Å². The third-order valence-electron chi connectivity index (χ3n) is 4.01. The number of hydrogen-bond donors (Lipinski definition) is 1. The average molecular weight is 194 g/mol. The Hall–Kier alpha value is -0.530. The quantitative estimate of drug-likeness (QED) is 0.504. The van der Waals surface area contributed by atoms with Crippen LogP contribution in [0.25, 0.3) is 0 Å². The van der Waals surface area contributed by atoms with Crippen molar-refractivity contribution in [2.45, 2.75) is 45.4 Å². The first-order valence-corrected chi connectivity index (χ1v) is 6.13. The molecule has 0 amide bonds. The third kappa shape index (κ3) is 1.94. The molecule has 2 heteroatoms. The predicted octanol–water partition coefficient (Wildman–Crippen LogP) is 2.89. The highest BCUT2D eigenvalue weighted by atomic mass is 15.2. The second-order valence-corrected chi connectivity index (χ2v) is 4.84. The molecule has 2 fully saturated rings. The first-order valence-electron chi connectivity index (χ1n) is 6.13. The Morgan fingerprint density at radius 3 is 2.64 bits per heavy atom. The molecule has 0 aromatic carbocycles. The summed E-state index contributed by atoms with van der Waals surface area (Å²) in [5.74, 6) is 2.75. The number of likely N-dealkylation sites (tertiary alicyclic amines) is 1. The normalized spacial score (nSPS) is 32.5. The fourth-order valence-electron chi connectivity index (χ4n) is 3.07. The summed E-state index contributed by atoms with van der Waals surface area (Å²) < 4.78 is 0. The summed E-state index contributed by atoms with van der Waals surface area (Å²) in [5, 5.41) is 7.86. The summed E-state index contributed by atoms with van der Waals surface area (Å²) in [4.78, 5) is 2.31. The number of piperidine rings is 1. The number of fused-ring (bicyclic) bond motifs is 1. The number of nitrogens with zero attached hydrogens (tertiary/aromatic N) is 1. The van der Waals surface area contributed by atoms with E-state index >= 15 is 0 Å². The van der Waals surface area contributed by atoms with Gasteiger partial charge in [-0.1, -0.05) is 26.2 Å². The molecule has 0 bridgehead atoms. The average Bonchev–Trinajstić information content (AvgIpc) is 2.27. The maximum atomic E-state index is 7.86. The highest BCUT2D eigenvalue weighted by molar-refractivity contribution is 5.78. The Kier molecular flexibility index (Phi) is 3.09. The third-order valence-corrected chi connectivity index (χ3v) is 4.01. The number of rotatable bonds is 1. The zero-order valence-electron chi connectivity index (χ0n) is 9.26. The van der Waals surface area contributed by atoms with Gasteiger partial charge in [0.25, 0.3) is 0 Å². The predicted molar refractivity (Wildman–Crippen MR) is 59.7 cm³/mol. The molecule has 0 aromatic rings. The maximum Gasteiger partial charge on any atom is 0.0954 e. The lowest BCUT2D eigenvalue weighted by Crippen LogP contribution is -2.44. The van der Waals surface area contributed by atoms with E-state index in [1.165, 1.54) is 38.6 Å². The number of hydrogen-bond acceptors (Lipinski definition) is 1. The molecular formula is C12H22N2. The molecule has 80 valence electrons. The minimum Gasteiger partial charge on any atom is -0.360 e. The highest BCUT2D eigenvalue weighted by Gasteiger charge is 2.31. The SMILES string of the molecule is CCC(=N)N1CCC2CCCCC2C1. The van der Waals surface area contributed by atoms with Crippen LogP contribution in [0.1, 0.15) is 45.4 Å². The van der Waals surface area contributed by atoms with Crippen LogP contribution in [0, 0.1) is 17.2 Å². The van der Waals surface area contributed by atoms with E-state index in [4.69, 9.17) is 5.41 Å². The van der Waals surface area contributed by atoms with Gasteiger partial charge in [-0.25, -0.2) is 0 Å². The minimum atomic E-state index is 0.856. The van der Waals surface area contributed by atoms with E-state index in [0.29, 0.717) is 0 Å².